The number of hydrogen-bond acceptors (Lipinski definition) is 3. The highest BCUT2D eigenvalue weighted by molar-refractivity contribution is 5.81. The number of carbonyl (C=O) groups is 1. The zero-order chi connectivity index (χ0) is 17.6. The average Bonchev–Trinajstić information content (AvgIpc) is 3.53. The molecule has 3 heterocycles. The first-order valence-electron chi connectivity index (χ1n) is 10.7. The third kappa shape index (κ3) is 2.87. The first-order chi connectivity index (χ1) is 12.8. The second-order valence-electron chi connectivity index (χ2n) is 9.11. The Morgan fingerprint density at radius 3 is 2.35 bits per heavy atom. The lowest BCUT2D eigenvalue weighted by Gasteiger charge is -2.63. The Balaban J connectivity index is 1.30. The van der Waals surface area contributed by atoms with Crippen molar-refractivity contribution in [3.8, 4) is 0 Å². The van der Waals surface area contributed by atoms with Crippen molar-refractivity contribution < 1.29 is 4.79 Å². The van der Waals surface area contributed by atoms with Crippen LogP contribution in [-0.4, -0.2) is 46.4 Å². The molecule has 2 saturated heterocycles. The molecule has 0 bridgehead atoms. The maximum atomic E-state index is 12.4. The van der Waals surface area contributed by atoms with Gasteiger partial charge < -0.3 is 4.90 Å². The van der Waals surface area contributed by atoms with Crippen LogP contribution in [0, 0.1) is 11.3 Å². The third-order valence-corrected chi connectivity index (χ3v) is 7.45. The van der Waals surface area contributed by atoms with E-state index in [4.69, 9.17) is 0 Å². The van der Waals surface area contributed by atoms with E-state index < -0.39 is 0 Å². The minimum atomic E-state index is 0.366. The first-order valence-corrected chi connectivity index (χ1v) is 10.7. The normalized spacial score (nSPS) is 29.5. The standard InChI is InChI=1S/C22H31N3O/c26-21(18-4-5-18)24-14-8-19(9-15-24)25-16-22(10-2-1-3-11-22)20(25)17-6-12-23-13-7-17/h6-7,12-13,18-20H,1-5,8-11,14-16H2. The van der Waals surface area contributed by atoms with Crippen molar-refractivity contribution in [2.24, 2.45) is 11.3 Å². The van der Waals surface area contributed by atoms with Gasteiger partial charge in [0.15, 0.2) is 0 Å². The first kappa shape index (κ1) is 16.7. The Hall–Kier alpha value is -1.42. The second kappa shape index (κ2) is 6.63. The maximum absolute atomic E-state index is 12.4. The number of rotatable bonds is 3. The van der Waals surface area contributed by atoms with Gasteiger partial charge in [-0.1, -0.05) is 19.3 Å². The van der Waals surface area contributed by atoms with Crippen LogP contribution in [-0.2, 0) is 4.79 Å². The Labute approximate surface area is 157 Å². The molecule has 5 rings (SSSR count). The number of likely N-dealkylation sites (tertiary alicyclic amines) is 2. The minimum Gasteiger partial charge on any atom is -0.342 e. The summed E-state index contributed by atoms with van der Waals surface area (Å²) in [5.74, 6) is 0.798. The van der Waals surface area contributed by atoms with Crippen molar-refractivity contribution in [1.29, 1.82) is 0 Å². The number of carbonyl (C=O) groups excluding carboxylic acids is 1. The van der Waals surface area contributed by atoms with Crippen molar-refractivity contribution in [3.05, 3.63) is 30.1 Å². The van der Waals surface area contributed by atoms with Crippen molar-refractivity contribution in [3.63, 3.8) is 0 Å². The Bertz CT molecular complexity index is 643. The van der Waals surface area contributed by atoms with Crippen LogP contribution in [0.25, 0.3) is 0 Å². The quantitative estimate of drug-likeness (QED) is 0.829. The SMILES string of the molecule is O=C(C1CC1)N1CCC(N2CC3(CCCCC3)C2c2ccncc2)CC1. The second-order valence-corrected chi connectivity index (χ2v) is 9.11. The molecule has 1 spiro atoms. The molecule has 4 fully saturated rings. The van der Waals surface area contributed by atoms with Gasteiger partial charge in [0.2, 0.25) is 5.91 Å². The van der Waals surface area contributed by atoms with Gasteiger partial charge in [0.1, 0.15) is 0 Å². The molecular weight excluding hydrogens is 322 g/mol. The van der Waals surface area contributed by atoms with E-state index in [0.29, 0.717) is 29.3 Å². The van der Waals surface area contributed by atoms with Crippen LogP contribution in [0.4, 0.5) is 0 Å². The van der Waals surface area contributed by atoms with Gasteiger partial charge in [-0.25, -0.2) is 0 Å². The van der Waals surface area contributed by atoms with Gasteiger partial charge in [-0.2, -0.15) is 0 Å². The molecule has 26 heavy (non-hydrogen) atoms. The zero-order valence-electron chi connectivity index (χ0n) is 15.8. The largest absolute Gasteiger partial charge is 0.342 e. The smallest absolute Gasteiger partial charge is 0.225 e. The molecule has 4 nitrogen and oxygen atoms in total. The van der Waals surface area contributed by atoms with E-state index in [1.54, 1.807) is 0 Å². The van der Waals surface area contributed by atoms with E-state index in [2.05, 4.69) is 26.9 Å². The molecule has 4 heteroatoms. The Morgan fingerprint density at radius 1 is 1.00 bits per heavy atom. The molecule has 0 N–H and O–H groups in total. The number of nitrogens with zero attached hydrogens (tertiary/aromatic N) is 3. The fourth-order valence-corrected chi connectivity index (χ4v) is 5.91. The van der Waals surface area contributed by atoms with Crippen molar-refractivity contribution >= 4 is 5.91 Å². The van der Waals surface area contributed by atoms with Gasteiger partial charge in [0, 0.05) is 55.4 Å². The highest BCUT2D eigenvalue weighted by Crippen LogP contribution is 2.58. The van der Waals surface area contributed by atoms with E-state index in [1.165, 1.54) is 44.2 Å². The highest BCUT2D eigenvalue weighted by atomic mass is 16.2. The molecule has 1 aromatic heterocycles. The third-order valence-electron chi connectivity index (χ3n) is 7.45. The predicted molar refractivity (Wildman–Crippen MR) is 102 cm³/mol. The Morgan fingerprint density at radius 2 is 1.69 bits per heavy atom. The lowest BCUT2D eigenvalue weighted by atomic mass is 9.60. The number of pyridine rings is 1. The highest BCUT2D eigenvalue weighted by Gasteiger charge is 2.55. The summed E-state index contributed by atoms with van der Waals surface area (Å²) in [6.45, 7) is 3.19. The van der Waals surface area contributed by atoms with E-state index in [1.807, 2.05) is 12.4 Å². The van der Waals surface area contributed by atoms with Crippen LogP contribution in [0.2, 0.25) is 0 Å². The molecule has 0 radical (unpaired) electrons. The molecule has 4 aliphatic rings. The molecule has 2 aliphatic carbocycles. The lowest BCUT2D eigenvalue weighted by Crippen LogP contribution is -2.63. The summed E-state index contributed by atoms with van der Waals surface area (Å²) in [6.07, 6.45) is 15.4. The summed E-state index contributed by atoms with van der Waals surface area (Å²) < 4.78 is 0. The molecule has 1 aromatic rings. The van der Waals surface area contributed by atoms with Gasteiger partial charge in [0.05, 0.1) is 0 Å². The van der Waals surface area contributed by atoms with Gasteiger partial charge in [0.25, 0.3) is 0 Å². The summed E-state index contributed by atoms with van der Waals surface area (Å²) >= 11 is 0. The van der Waals surface area contributed by atoms with Crippen LogP contribution >= 0.6 is 0 Å². The van der Waals surface area contributed by atoms with Crippen LogP contribution in [0.5, 0.6) is 0 Å². The fraction of sp³-hybridized carbons (Fsp3) is 0.727. The predicted octanol–water partition coefficient (Wildman–Crippen LogP) is 3.79. The molecule has 1 atom stereocenters. The van der Waals surface area contributed by atoms with Gasteiger partial charge >= 0.3 is 0 Å². The van der Waals surface area contributed by atoms with E-state index in [0.717, 1.165) is 38.8 Å². The van der Waals surface area contributed by atoms with Crippen LogP contribution in [0.15, 0.2) is 24.5 Å². The van der Waals surface area contributed by atoms with E-state index in [-0.39, 0.29) is 0 Å². The number of aromatic nitrogens is 1. The van der Waals surface area contributed by atoms with Gasteiger partial charge in [-0.15, -0.1) is 0 Å². The van der Waals surface area contributed by atoms with Crippen molar-refractivity contribution in [2.75, 3.05) is 19.6 Å². The molecule has 0 aromatic carbocycles. The number of piperidine rings is 1. The molecule has 140 valence electrons. The molecule has 1 amide bonds. The monoisotopic (exact) mass is 353 g/mol. The average molecular weight is 354 g/mol. The summed E-state index contributed by atoms with van der Waals surface area (Å²) in [7, 11) is 0. The van der Waals surface area contributed by atoms with Crippen molar-refractivity contribution in [2.45, 2.75) is 69.9 Å². The zero-order valence-corrected chi connectivity index (χ0v) is 15.8. The summed E-state index contributed by atoms with van der Waals surface area (Å²) in [5.41, 5.74) is 1.96. The maximum Gasteiger partial charge on any atom is 0.225 e. The topological polar surface area (TPSA) is 36.4 Å². The van der Waals surface area contributed by atoms with Gasteiger partial charge in [-0.05, 0) is 56.2 Å². The molecular formula is C22H31N3O. The van der Waals surface area contributed by atoms with Gasteiger partial charge in [-0.3, -0.25) is 14.7 Å². The van der Waals surface area contributed by atoms with Crippen LogP contribution in [0.1, 0.15) is 69.4 Å². The Kier molecular flexibility index (Phi) is 4.27. The van der Waals surface area contributed by atoms with Crippen LogP contribution < -0.4 is 0 Å². The number of amides is 1. The van der Waals surface area contributed by atoms with Crippen LogP contribution in [0.3, 0.4) is 0 Å². The lowest BCUT2D eigenvalue weighted by molar-refractivity contribution is -0.144. The molecule has 1 unspecified atom stereocenters. The summed E-state index contributed by atoms with van der Waals surface area (Å²) in [6, 6.07) is 5.68. The minimum absolute atomic E-state index is 0.366. The van der Waals surface area contributed by atoms with E-state index in [9.17, 15) is 4.79 Å². The summed E-state index contributed by atoms with van der Waals surface area (Å²) in [4.78, 5) is 21.5. The molecule has 2 saturated carbocycles. The number of hydrogen-bond donors (Lipinski definition) is 0. The van der Waals surface area contributed by atoms with E-state index >= 15 is 0 Å². The summed E-state index contributed by atoms with van der Waals surface area (Å²) in [5, 5.41) is 0. The molecule has 2 aliphatic heterocycles. The van der Waals surface area contributed by atoms with Crippen molar-refractivity contribution in [1.82, 2.24) is 14.8 Å². The fourth-order valence-electron chi connectivity index (χ4n) is 5.91.